The topological polar surface area (TPSA) is 32.3 Å². The van der Waals surface area contributed by atoms with E-state index < -0.39 is 0 Å². The van der Waals surface area contributed by atoms with Crippen LogP contribution in [0.15, 0.2) is 24.3 Å². The molecule has 0 heterocycles. The standard InChI is InChI=1S/C10H15NO/c1-2-3-8-11-9-6-4-5-7-10(9)12/h4-7,11-12H,2-3,8H2,1H3. The summed E-state index contributed by atoms with van der Waals surface area (Å²) in [6, 6.07) is 7.30. The van der Waals surface area contributed by atoms with Crippen LogP contribution >= 0.6 is 0 Å². The zero-order valence-corrected chi connectivity index (χ0v) is 7.38. The fourth-order valence-corrected chi connectivity index (χ4v) is 1.02. The van der Waals surface area contributed by atoms with Gasteiger partial charge in [-0.25, -0.2) is 0 Å². The fraction of sp³-hybridized carbons (Fsp3) is 0.400. The zero-order chi connectivity index (χ0) is 8.81. The molecular weight excluding hydrogens is 150 g/mol. The summed E-state index contributed by atoms with van der Waals surface area (Å²) in [4.78, 5) is 0. The van der Waals surface area contributed by atoms with Crippen LogP contribution in [0.25, 0.3) is 0 Å². The molecule has 0 radical (unpaired) electrons. The average molecular weight is 165 g/mol. The third kappa shape index (κ3) is 2.46. The lowest BCUT2D eigenvalue weighted by Gasteiger charge is -2.06. The molecule has 0 aliphatic heterocycles. The number of phenols is 1. The molecule has 1 aromatic rings. The monoisotopic (exact) mass is 165 g/mol. The molecule has 0 aliphatic rings. The lowest BCUT2D eigenvalue weighted by atomic mass is 10.3. The van der Waals surface area contributed by atoms with Gasteiger partial charge in [0.05, 0.1) is 5.69 Å². The number of rotatable bonds is 4. The number of anilines is 1. The smallest absolute Gasteiger partial charge is 0.138 e. The molecule has 0 bridgehead atoms. The fourth-order valence-electron chi connectivity index (χ4n) is 1.02. The highest BCUT2D eigenvalue weighted by atomic mass is 16.3. The minimum atomic E-state index is 0.327. The second kappa shape index (κ2) is 4.65. The summed E-state index contributed by atoms with van der Waals surface area (Å²) in [7, 11) is 0. The van der Waals surface area contributed by atoms with E-state index in [-0.39, 0.29) is 0 Å². The van der Waals surface area contributed by atoms with E-state index in [1.54, 1.807) is 6.07 Å². The third-order valence-corrected chi connectivity index (χ3v) is 1.75. The van der Waals surface area contributed by atoms with Crippen molar-refractivity contribution in [1.82, 2.24) is 0 Å². The maximum absolute atomic E-state index is 9.35. The molecule has 0 spiro atoms. The number of nitrogens with one attached hydrogen (secondary N) is 1. The quantitative estimate of drug-likeness (QED) is 0.531. The molecule has 0 fully saturated rings. The maximum atomic E-state index is 9.35. The summed E-state index contributed by atoms with van der Waals surface area (Å²) < 4.78 is 0. The summed E-state index contributed by atoms with van der Waals surface area (Å²) in [5, 5.41) is 12.5. The van der Waals surface area contributed by atoms with Gasteiger partial charge in [0.1, 0.15) is 5.75 Å². The summed E-state index contributed by atoms with van der Waals surface area (Å²) in [6.07, 6.45) is 2.30. The molecule has 2 nitrogen and oxygen atoms in total. The van der Waals surface area contributed by atoms with Crippen molar-refractivity contribution in [3.05, 3.63) is 24.3 Å². The summed E-state index contributed by atoms with van der Waals surface area (Å²) in [5.41, 5.74) is 0.825. The van der Waals surface area contributed by atoms with Gasteiger partial charge in [-0.05, 0) is 18.6 Å². The van der Waals surface area contributed by atoms with Crippen LogP contribution in [-0.2, 0) is 0 Å². The second-order valence-electron chi connectivity index (χ2n) is 2.80. The molecule has 0 unspecified atom stereocenters. The van der Waals surface area contributed by atoms with Crippen LogP contribution in [0.2, 0.25) is 0 Å². The molecule has 1 rings (SSSR count). The van der Waals surface area contributed by atoms with Crippen LogP contribution in [0.3, 0.4) is 0 Å². The van der Waals surface area contributed by atoms with Gasteiger partial charge in [0.15, 0.2) is 0 Å². The van der Waals surface area contributed by atoms with Crippen molar-refractivity contribution in [2.45, 2.75) is 19.8 Å². The lowest BCUT2D eigenvalue weighted by Crippen LogP contribution is -2.00. The van der Waals surface area contributed by atoms with Crippen molar-refractivity contribution in [3.63, 3.8) is 0 Å². The molecule has 66 valence electrons. The number of phenolic OH excluding ortho intramolecular Hbond substituents is 1. The van der Waals surface area contributed by atoms with E-state index in [1.807, 2.05) is 18.2 Å². The van der Waals surface area contributed by atoms with Gasteiger partial charge in [-0.1, -0.05) is 25.5 Å². The molecule has 12 heavy (non-hydrogen) atoms. The minimum absolute atomic E-state index is 0.327. The molecule has 0 atom stereocenters. The molecular formula is C10H15NO. The van der Waals surface area contributed by atoms with Crippen LogP contribution in [0, 0.1) is 0 Å². The van der Waals surface area contributed by atoms with Crippen molar-refractivity contribution in [1.29, 1.82) is 0 Å². The number of hydrogen-bond acceptors (Lipinski definition) is 2. The van der Waals surface area contributed by atoms with Crippen molar-refractivity contribution in [3.8, 4) is 5.75 Å². The minimum Gasteiger partial charge on any atom is -0.506 e. The van der Waals surface area contributed by atoms with Crippen LogP contribution in [0.4, 0.5) is 5.69 Å². The summed E-state index contributed by atoms with van der Waals surface area (Å²) >= 11 is 0. The predicted octanol–water partition coefficient (Wildman–Crippen LogP) is 2.60. The number of unbranched alkanes of at least 4 members (excludes halogenated alkanes) is 1. The van der Waals surface area contributed by atoms with E-state index in [4.69, 9.17) is 0 Å². The Labute approximate surface area is 73.2 Å². The van der Waals surface area contributed by atoms with Gasteiger partial charge < -0.3 is 10.4 Å². The Balaban J connectivity index is 2.46. The Hall–Kier alpha value is -1.18. The number of hydrogen-bond donors (Lipinski definition) is 2. The van der Waals surface area contributed by atoms with E-state index in [9.17, 15) is 5.11 Å². The van der Waals surface area contributed by atoms with Gasteiger partial charge in [0.25, 0.3) is 0 Å². The first-order valence-corrected chi connectivity index (χ1v) is 4.36. The predicted molar refractivity (Wildman–Crippen MR) is 51.5 cm³/mol. The van der Waals surface area contributed by atoms with E-state index in [0.717, 1.165) is 18.7 Å². The van der Waals surface area contributed by atoms with Crippen molar-refractivity contribution in [2.24, 2.45) is 0 Å². The van der Waals surface area contributed by atoms with E-state index in [0.29, 0.717) is 5.75 Å². The Bertz CT molecular complexity index is 235. The molecule has 2 heteroatoms. The van der Waals surface area contributed by atoms with E-state index in [1.165, 1.54) is 6.42 Å². The Morgan fingerprint density at radius 2 is 2.08 bits per heavy atom. The van der Waals surface area contributed by atoms with Gasteiger partial charge in [0.2, 0.25) is 0 Å². The van der Waals surface area contributed by atoms with E-state index in [2.05, 4.69) is 12.2 Å². The molecule has 1 aromatic carbocycles. The first-order valence-electron chi connectivity index (χ1n) is 4.36. The SMILES string of the molecule is CCCCNc1ccccc1O. The zero-order valence-electron chi connectivity index (χ0n) is 7.38. The molecule has 0 aliphatic carbocycles. The lowest BCUT2D eigenvalue weighted by molar-refractivity contribution is 0.477. The summed E-state index contributed by atoms with van der Waals surface area (Å²) in [5.74, 6) is 0.327. The van der Waals surface area contributed by atoms with Gasteiger partial charge in [0, 0.05) is 6.54 Å². The van der Waals surface area contributed by atoms with E-state index >= 15 is 0 Å². The number of para-hydroxylation sites is 2. The maximum Gasteiger partial charge on any atom is 0.138 e. The summed E-state index contributed by atoms with van der Waals surface area (Å²) in [6.45, 7) is 3.07. The van der Waals surface area contributed by atoms with Crippen LogP contribution in [0.1, 0.15) is 19.8 Å². The molecule has 0 aromatic heterocycles. The number of benzene rings is 1. The Kier molecular flexibility index (Phi) is 3.45. The highest BCUT2D eigenvalue weighted by Crippen LogP contribution is 2.21. The highest BCUT2D eigenvalue weighted by Gasteiger charge is 1.95. The average Bonchev–Trinajstić information content (AvgIpc) is 2.09. The molecule has 0 amide bonds. The normalized spacial score (nSPS) is 9.75. The van der Waals surface area contributed by atoms with Crippen molar-refractivity contribution < 1.29 is 5.11 Å². The van der Waals surface area contributed by atoms with Crippen LogP contribution in [-0.4, -0.2) is 11.7 Å². The van der Waals surface area contributed by atoms with Gasteiger partial charge >= 0.3 is 0 Å². The van der Waals surface area contributed by atoms with Crippen LogP contribution in [0.5, 0.6) is 5.75 Å². The van der Waals surface area contributed by atoms with Crippen LogP contribution < -0.4 is 5.32 Å². The molecule has 0 saturated heterocycles. The first-order chi connectivity index (χ1) is 5.84. The Morgan fingerprint density at radius 3 is 2.75 bits per heavy atom. The third-order valence-electron chi connectivity index (χ3n) is 1.75. The van der Waals surface area contributed by atoms with Crippen molar-refractivity contribution >= 4 is 5.69 Å². The largest absolute Gasteiger partial charge is 0.506 e. The molecule has 2 N–H and O–H groups in total. The van der Waals surface area contributed by atoms with Gasteiger partial charge in [-0.15, -0.1) is 0 Å². The number of aromatic hydroxyl groups is 1. The van der Waals surface area contributed by atoms with Gasteiger partial charge in [-0.3, -0.25) is 0 Å². The highest BCUT2D eigenvalue weighted by molar-refractivity contribution is 5.54. The first kappa shape index (κ1) is 8.91. The second-order valence-corrected chi connectivity index (χ2v) is 2.80. The van der Waals surface area contributed by atoms with Crippen molar-refractivity contribution in [2.75, 3.05) is 11.9 Å². The molecule has 0 saturated carbocycles. The van der Waals surface area contributed by atoms with Gasteiger partial charge in [-0.2, -0.15) is 0 Å². The Morgan fingerprint density at radius 1 is 1.33 bits per heavy atom.